The highest BCUT2D eigenvalue weighted by atomic mass is 35.5. The Bertz CT molecular complexity index is 1900. The number of hydrogen-bond acceptors (Lipinski definition) is 7. The maximum atomic E-state index is 14.5. The van der Waals surface area contributed by atoms with Gasteiger partial charge in [-0.15, -0.1) is 0 Å². The highest BCUT2D eigenvalue weighted by Crippen LogP contribution is 2.40. The average Bonchev–Trinajstić information content (AvgIpc) is 3.93. The summed E-state index contributed by atoms with van der Waals surface area (Å²) in [4.78, 5) is 33.3. The van der Waals surface area contributed by atoms with E-state index in [1.165, 1.54) is 23.6 Å². The quantitative estimate of drug-likeness (QED) is 0.101. The zero-order chi connectivity index (χ0) is 36.5. The molecule has 2 aliphatic rings. The van der Waals surface area contributed by atoms with E-state index in [1.807, 2.05) is 11.6 Å². The zero-order valence-electron chi connectivity index (χ0n) is 29.0. The van der Waals surface area contributed by atoms with Crippen LogP contribution in [-0.4, -0.2) is 66.1 Å². The highest BCUT2D eigenvalue weighted by Gasteiger charge is 2.40. The summed E-state index contributed by atoms with van der Waals surface area (Å²) in [5.74, 6) is -0.156. The summed E-state index contributed by atoms with van der Waals surface area (Å²) in [5.41, 5.74) is 2.02. The number of amides is 2. The van der Waals surface area contributed by atoms with Gasteiger partial charge >= 0.3 is 12.6 Å². The molecule has 12 nitrogen and oxygen atoms in total. The number of guanidine groups is 1. The Hall–Kier alpha value is -4.85. The summed E-state index contributed by atoms with van der Waals surface area (Å²) in [6, 6.07) is 10.9. The first-order valence-electron chi connectivity index (χ1n) is 16.9. The maximum Gasteiger partial charge on any atom is 0.407 e. The lowest BCUT2D eigenvalue weighted by molar-refractivity contribution is 0.0566. The van der Waals surface area contributed by atoms with Crippen molar-refractivity contribution in [3.05, 3.63) is 77.3 Å². The molecule has 2 fully saturated rings. The number of rotatable bonds is 12. The predicted octanol–water partition coefficient (Wildman–Crippen LogP) is 7.61. The largest absolute Gasteiger partial charge is 0.447 e. The van der Waals surface area contributed by atoms with Crippen LogP contribution < -0.4 is 10.6 Å². The van der Waals surface area contributed by atoms with Crippen LogP contribution in [0.5, 0.6) is 0 Å². The van der Waals surface area contributed by atoms with E-state index >= 15 is 0 Å². The minimum atomic E-state index is -2.78. The van der Waals surface area contributed by atoms with Crippen LogP contribution in [0.4, 0.5) is 13.6 Å². The Balaban J connectivity index is 1.37. The van der Waals surface area contributed by atoms with Crippen molar-refractivity contribution in [2.45, 2.75) is 84.0 Å². The van der Waals surface area contributed by atoms with Gasteiger partial charge in [0, 0.05) is 35.0 Å². The lowest BCUT2D eigenvalue weighted by Crippen LogP contribution is -2.49. The third-order valence-electron chi connectivity index (χ3n) is 9.06. The molecule has 2 heterocycles. The molecule has 0 radical (unpaired) electrons. The molecule has 270 valence electrons. The summed E-state index contributed by atoms with van der Waals surface area (Å²) in [6.45, 7) is 5.52. The molecule has 2 aromatic heterocycles. The second-order valence-corrected chi connectivity index (χ2v) is 15.0. The van der Waals surface area contributed by atoms with Crippen molar-refractivity contribution in [1.82, 2.24) is 40.1 Å². The average molecular weight is 722 g/mol. The van der Waals surface area contributed by atoms with Crippen molar-refractivity contribution in [2.75, 3.05) is 13.2 Å². The first-order valence-corrected chi connectivity index (χ1v) is 17.3. The molecule has 15 heteroatoms. The zero-order valence-corrected chi connectivity index (χ0v) is 29.8. The van der Waals surface area contributed by atoms with Gasteiger partial charge in [-0.05, 0) is 79.8 Å². The molecular formula is C36H42ClF2N9O3. The molecule has 51 heavy (non-hydrogen) atoms. The summed E-state index contributed by atoms with van der Waals surface area (Å²) < 4.78 is 34.5. The topological polar surface area (TPSA) is 143 Å². The molecule has 0 unspecified atom stereocenters. The van der Waals surface area contributed by atoms with Gasteiger partial charge in [0.1, 0.15) is 12.9 Å². The van der Waals surface area contributed by atoms with E-state index in [-0.39, 0.29) is 35.1 Å². The first-order chi connectivity index (χ1) is 24.2. The molecule has 3 N–H and O–H groups in total. The smallest absolute Gasteiger partial charge is 0.407 e. The molecule has 2 aliphatic carbocycles. The molecule has 0 spiro atoms. The fraction of sp³-hybridized carbons (Fsp3) is 0.444. The summed E-state index contributed by atoms with van der Waals surface area (Å²) >= 11 is 6.73. The number of benzene rings is 2. The van der Waals surface area contributed by atoms with Gasteiger partial charge in [-0.2, -0.15) is 19.0 Å². The van der Waals surface area contributed by atoms with Crippen LogP contribution in [0.3, 0.4) is 0 Å². The normalized spacial score (nSPS) is 15.7. The SMILES string of the molecule is CC(C)(C)CCNC(=N)N(C(=O)c1ccc(-c2cnn(C(F)F)c2)cc1)[C@H](COC(=O)NC1(C)CC1)c1ccc(Cl)c(-c2ncnn2C2CC2)c1. The minimum absolute atomic E-state index is 0.0435. The number of ether oxygens (including phenoxy) is 1. The molecular weight excluding hydrogens is 680 g/mol. The number of carbonyl (C=O) groups is 2. The van der Waals surface area contributed by atoms with Crippen LogP contribution >= 0.6 is 11.6 Å². The van der Waals surface area contributed by atoms with Crippen molar-refractivity contribution in [1.29, 1.82) is 5.41 Å². The second-order valence-electron chi connectivity index (χ2n) is 14.6. The van der Waals surface area contributed by atoms with Crippen molar-refractivity contribution >= 4 is 29.6 Å². The molecule has 4 aromatic rings. The standard InChI is InChI=1S/C36H42ClF2N9O3/c1-35(2,3)15-16-41-33(40)47(31(49)23-7-5-22(6-8-23)25-18-43-46(19-25)32(38)39)29(20-51-34(50)45-36(4)13-14-36)24-9-12-28(37)27(17-24)30-42-21-44-48(30)26-10-11-26/h5-9,12,17-19,21,26,29,32H,10-11,13-16,20H2,1-4H3,(H2,40,41)(H,45,50)/t29-/m1/s1. The fourth-order valence-electron chi connectivity index (χ4n) is 5.60. The molecule has 0 bridgehead atoms. The van der Waals surface area contributed by atoms with Gasteiger partial charge < -0.3 is 15.4 Å². The number of aromatic nitrogens is 5. The van der Waals surface area contributed by atoms with Crippen LogP contribution in [0.15, 0.2) is 61.2 Å². The van der Waals surface area contributed by atoms with E-state index in [9.17, 15) is 23.8 Å². The Kier molecular flexibility index (Phi) is 10.2. The van der Waals surface area contributed by atoms with Gasteiger partial charge in [0.2, 0.25) is 0 Å². The van der Waals surface area contributed by atoms with E-state index in [1.54, 1.807) is 42.5 Å². The molecule has 0 saturated heterocycles. The van der Waals surface area contributed by atoms with Crippen molar-refractivity contribution in [3.8, 4) is 22.5 Å². The second kappa shape index (κ2) is 14.4. The number of alkyl carbamates (subject to hydrolysis) is 1. The van der Waals surface area contributed by atoms with E-state index < -0.39 is 24.6 Å². The van der Waals surface area contributed by atoms with Crippen LogP contribution in [0.1, 0.15) is 94.4 Å². The lowest BCUT2D eigenvalue weighted by Gasteiger charge is -2.33. The molecule has 6 rings (SSSR count). The summed E-state index contributed by atoms with van der Waals surface area (Å²) in [5, 5.41) is 23.7. The fourth-order valence-corrected chi connectivity index (χ4v) is 5.80. The number of hydrogen-bond donors (Lipinski definition) is 3. The van der Waals surface area contributed by atoms with Crippen LogP contribution in [0.25, 0.3) is 22.5 Å². The van der Waals surface area contributed by atoms with Crippen LogP contribution in [0, 0.1) is 10.8 Å². The lowest BCUT2D eigenvalue weighted by atomic mass is 9.92. The van der Waals surface area contributed by atoms with E-state index in [0.717, 1.165) is 25.7 Å². The Labute approximate surface area is 300 Å². The Morgan fingerprint density at radius 2 is 1.84 bits per heavy atom. The summed E-state index contributed by atoms with van der Waals surface area (Å²) in [7, 11) is 0. The molecule has 2 saturated carbocycles. The van der Waals surface area contributed by atoms with Gasteiger partial charge in [0.25, 0.3) is 5.91 Å². The Morgan fingerprint density at radius 1 is 1.12 bits per heavy atom. The summed E-state index contributed by atoms with van der Waals surface area (Å²) in [6.07, 6.45) is 7.74. The monoisotopic (exact) mass is 721 g/mol. The number of nitrogens with one attached hydrogen (secondary N) is 3. The van der Waals surface area contributed by atoms with Crippen molar-refractivity contribution in [3.63, 3.8) is 0 Å². The maximum absolute atomic E-state index is 14.5. The minimum Gasteiger partial charge on any atom is -0.447 e. The van der Waals surface area contributed by atoms with Crippen molar-refractivity contribution < 1.29 is 23.1 Å². The van der Waals surface area contributed by atoms with Crippen molar-refractivity contribution in [2.24, 2.45) is 5.41 Å². The number of nitrogens with zero attached hydrogens (tertiary/aromatic N) is 6. The highest BCUT2D eigenvalue weighted by molar-refractivity contribution is 6.33. The van der Waals surface area contributed by atoms with E-state index in [2.05, 4.69) is 46.6 Å². The van der Waals surface area contributed by atoms with E-state index in [0.29, 0.717) is 50.7 Å². The van der Waals surface area contributed by atoms with Crippen LogP contribution in [0.2, 0.25) is 5.02 Å². The number of alkyl halides is 2. The predicted molar refractivity (Wildman–Crippen MR) is 188 cm³/mol. The third-order valence-corrected chi connectivity index (χ3v) is 9.39. The Morgan fingerprint density at radius 3 is 2.47 bits per heavy atom. The van der Waals surface area contributed by atoms with E-state index in [4.69, 9.17) is 16.3 Å². The van der Waals surface area contributed by atoms with Gasteiger partial charge in [-0.25, -0.2) is 19.1 Å². The number of carbonyl (C=O) groups excluding carboxylic acids is 2. The molecule has 0 aliphatic heterocycles. The third kappa shape index (κ3) is 8.73. The molecule has 2 amide bonds. The van der Waals surface area contributed by atoms with Gasteiger partial charge in [0.05, 0.1) is 23.3 Å². The first kappa shape index (κ1) is 36.0. The van der Waals surface area contributed by atoms with Gasteiger partial charge in [0.15, 0.2) is 11.8 Å². The van der Waals surface area contributed by atoms with Gasteiger partial charge in [-0.3, -0.25) is 15.1 Å². The van der Waals surface area contributed by atoms with Crippen LogP contribution in [-0.2, 0) is 4.74 Å². The van der Waals surface area contributed by atoms with Gasteiger partial charge in [-0.1, -0.05) is 50.6 Å². The molecule has 1 atom stereocenters. The molecule has 2 aromatic carbocycles. The number of halogens is 3.